The molecule has 2 heterocycles. The van der Waals surface area contributed by atoms with Gasteiger partial charge >= 0.3 is 0 Å². The minimum Gasteiger partial charge on any atom is -0.387 e. The average molecular weight is 341 g/mol. The number of rotatable bonds is 4. The number of hydrogen-bond acceptors (Lipinski definition) is 4. The number of aryl methyl sites for hydroxylation is 1. The van der Waals surface area contributed by atoms with Crippen molar-refractivity contribution in [1.82, 2.24) is 14.4 Å². The van der Waals surface area contributed by atoms with Gasteiger partial charge in [0.25, 0.3) is 11.5 Å². The molecule has 1 amide bonds. The summed E-state index contributed by atoms with van der Waals surface area (Å²) < 4.78 is 1.44. The van der Waals surface area contributed by atoms with Crippen LogP contribution in [0.2, 0.25) is 0 Å². The van der Waals surface area contributed by atoms with Gasteiger partial charge in [0, 0.05) is 57.6 Å². The first-order valence-electron chi connectivity index (χ1n) is 8.46. The molecule has 1 aliphatic heterocycles. The zero-order chi connectivity index (χ0) is 17.8. The third-order valence-corrected chi connectivity index (χ3v) is 4.63. The molecule has 1 aliphatic rings. The van der Waals surface area contributed by atoms with Gasteiger partial charge in [-0.1, -0.05) is 30.3 Å². The van der Waals surface area contributed by atoms with Gasteiger partial charge in [-0.15, -0.1) is 0 Å². The van der Waals surface area contributed by atoms with Crippen LogP contribution in [0.1, 0.15) is 22.0 Å². The van der Waals surface area contributed by atoms with Crippen molar-refractivity contribution in [2.75, 3.05) is 32.7 Å². The number of aliphatic hydroxyl groups excluding tert-OH is 1. The molecular formula is C19H23N3O3. The molecule has 25 heavy (non-hydrogen) atoms. The molecule has 1 unspecified atom stereocenters. The Bertz CT molecular complexity index is 780. The second kappa shape index (κ2) is 7.63. The molecule has 1 fully saturated rings. The maximum Gasteiger partial charge on any atom is 0.254 e. The number of aromatic nitrogens is 1. The first kappa shape index (κ1) is 17.4. The fraction of sp³-hybridized carbons (Fsp3) is 0.368. The summed E-state index contributed by atoms with van der Waals surface area (Å²) >= 11 is 0. The Balaban J connectivity index is 1.55. The van der Waals surface area contributed by atoms with Crippen molar-refractivity contribution in [3.8, 4) is 0 Å². The van der Waals surface area contributed by atoms with E-state index in [2.05, 4.69) is 4.90 Å². The monoisotopic (exact) mass is 341 g/mol. The summed E-state index contributed by atoms with van der Waals surface area (Å²) in [6.45, 7) is 3.16. The molecule has 1 saturated heterocycles. The average Bonchev–Trinajstić information content (AvgIpc) is 2.65. The smallest absolute Gasteiger partial charge is 0.254 e. The van der Waals surface area contributed by atoms with Gasteiger partial charge in [0.15, 0.2) is 0 Å². The number of carbonyl (C=O) groups is 1. The van der Waals surface area contributed by atoms with E-state index >= 15 is 0 Å². The minimum atomic E-state index is -0.527. The van der Waals surface area contributed by atoms with Crippen molar-refractivity contribution in [3.63, 3.8) is 0 Å². The van der Waals surface area contributed by atoms with E-state index < -0.39 is 6.10 Å². The van der Waals surface area contributed by atoms with Crippen LogP contribution < -0.4 is 5.56 Å². The number of benzene rings is 1. The maximum atomic E-state index is 12.5. The van der Waals surface area contributed by atoms with Crippen LogP contribution in [0.4, 0.5) is 0 Å². The summed E-state index contributed by atoms with van der Waals surface area (Å²) in [6.07, 6.45) is 1.09. The van der Waals surface area contributed by atoms with Crippen LogP contribution in [0.3, 0.4) is 0 Å². The Morgan fingerprint density at radius 3 is 2.44 bits per heavy atom. The van der Waals surface area contributed by atoms with Crippen molar-refractivity contribution < 1.29 is 9.90 Å². The first-order chi connectivity index (χ1) is 12.0. The van der Waals surface area contributed by atoms with Gasteiger partial charge in [0.2, 0.25) is 0 Å². The van der Waals surface area contributed by atoms with Gasteiger partial charge in [0.05, 0.1) is 6.10 Å². The third kappa shape index (κ3) is 4.15. The summed E-state index contributed by atoms with van der Waals surface area (Å²) in [6, 6.07) is 12.7. The molecule has 6 heteroatoms. The lowest BCUT2D eigenvalue weighted by Gasteiger charge is -2.35. The molecule has 3 rings (SSSR count). The number of amides is 1. The molecule has 1 N–H and O–H groups in total. The van der Waals surface area contributed by atoms with Crippen LogP contribution >= 0.6 is 0 Å². The molecule has 0 aliphatic carbocycles. The number of carbonyl (C=O) groups excluding carboxylic acids is 1. The summed E-state index contributed by atoms with van der Waals surface area (Å²) in [4.78, 5) is 28.1. The lowest BCUT2D eigenvalue weighted by molar-refractivity contribution is 0.0527. The number of nitrogens with zero attached hydrogens (tertiary/aromatic N) is 3. The van der Waals surface area contributed by atoms with Gasteiger partial charge in [-0.3, -0.25) is 14.5 Å². The van der Waals surface area contributed by atoms with Crippen molar-refractivity contribution >= 4 is 5.91 Å². The number of β-amino-alcohol motifs (C(OH)–C–C–N with tert-alkyl or cyclic N) is 1. The van der Waals surface area contributed by atoms with Gasteiger partial charge in [0.1, 0.15) is 0 Å². The summed E-state index contributed by atoms with van der Waals surface area (Å²) in [5.41, 5.74) is 1.15. The van der Waals surface area contributed by atoms with Crippen LogP contribution in [0, 0.1) is 0 Å². The Morgan fingerprint density at radius 2 is 1.80 bits per heavy atom. The van der Waals surface area contributed by atoms with E-state index in [9.17, 15) is 14.7 Å². The third-order valence-electron chi connectivity index (χ3n) is 4.63. The largest absolute Gasteiger partial charge is 0.387 e. The molecule has 6 nitrogen and oxygen atoms in total. The van der Waals surface area contributed by atoms with Crippen LogP contribution in [-0.4, -0.2) is 58.1 Å². The molecule has 132 valence electrons. The molecule has 1 aromatic heterocycles. The van der Waals surface area contributed by atoms with Gasteiger partial charge < -0.3 is 14.6 Å². The number of aliphatic hydroxyl groups is 1. The van der Waals surface area contributed by atoms with Crippen molar-refractivity contribution in [3.05, 3.63) is 70.1 Å². The topological polar surface area (TPSA) is 65.8 Å². The zero-order valence-corrected chi connectivity index (χ0v) is 14.3. The van der Waals surface area contributed by atoms with E-state index in [-0.39, 0.29) is 11.5 Å². The van der Waals surface area contributed by atoms with E-state index in [0.717, 1.165) is 5.56 Å². The van der Waals surface area contributed by atoms with E-state index in [0.29, 0.717) is 38.3 Å². The van der Waals surface area contributed by atoms with Crippen LogP contribution in [0.15, 0.2) is 53.5 Å². The zero-order valence-electron chi connectivity index (χ0n) is 14.3. The highest BCUT2D eigenvalue weighted by Crippen LogP contribution is 2.15. The molecule has 0 saturated carbocycles. The van der Waals surface area contributed by atoms with Gasteiger partial charge in [-0.2, -0.15) is 0 Å². The SMILES string of the molecule is Cn1ccc(C(=O)N2CCN(CC(O)c3ccccc3)CC2)cc1=O. The Kier molecular flexibility index (Phi) is 5.31. The van der Waals surface area contributed by atoms with Crippen molar-refractivity contribution in [2.24, 2.45) is 7.05 Å². The van der Waals surface area contributed by atoms with Crippen LogP contribution in [0.5, 0.6) is 0 Å². The molecule has 0 bridgehead atoms. The Morgan fingerprint density at radius 1 is 1.12 bits per heavy atom. The second-order valence-electron chi connectivity index (χ2n) is 6.38. The highest BCUT2D eigenvalue weighted by Gasteiger charge is 2.24. The standard InChI is InChI=1S/C19H23N3O3/c1-20-8-7-16(13-18(20)24)19(25)22-11-9-21(10-12-22)14-17(23)15-5-3-2-4-6-15/h2-8,13,17,23H,9-12,14H2,1H3. The fourth-order valence-corrected chi connectivity index (χ4v) is 3.02. The highest BCUT2D eigenvalue weighted by molar-refractivity contribution is 5.94. The predicted molar refractivity (Wildman–Crippen MR) is 95.4 cm³/mol. The van der Waals surface area contributed by atoms with E-state index in [1.807, 2.05) is 30.3 Å². The number of piperazine rings is 1. The van der Waals surface area contributed by atoms with Crippen LogP contribution in [0.25, 0.3) is 0 Å². The maximum absolute atomic E-state index is 12.5. The van der Waals surface area contributed by atoms with Crippen molar-refractivity contribution in [1.29, 1.82) is 0 Å². The summed E-state index contributed by atoms with van der Waals surface area (Å²) in [7, 11) is 1.66. The lowest BCUT2D eigenvalue weighted by atomic mass is 10.1. The summed E-state index contributed by atoms with van der Waals surface area (Å²) in [5.74, 6) is -0.110. The van der Waals surface area contributed by atoms with Gasteiger partial charge in [-0.05, 0) is 11.6 Å². The Labute approximate surface area is 146 Å². The van der Waals surface area contributed by atoms with E-state index in [1.54, 1.807) is 24.2 Å². The molecule has 0 spiro atoms. The first-order valence-corrected chi connectivity index (χ1v) is 8.46. The van der Waals surface area contributed by atoms with Gasteiger partial charge in [-0.25, -0.2) is 0 Å². The second-order valence-corrected chi connectivity index (χ2v) is 6.38. The van der Waals surface area contributed by atoms with E-state index in [4.69, 9.17) is 0 Å². The molecule has 1 aromatic carbocycles. The highest BCUT2D eigenvalue weighted by atomic mass is 16.3. The molecule has 1 atom stereocenters. The Hall–Kier alpha value is -2.44. The molecular weight excluding hydrogens is 318 g/mol. The van der Waals surface area contributed by atoms with Crippen molar-refractivity contribution in [2.45, 2.75) is 6.10 Å². The predicted octanol–water partition coefficient (Wildman–Crippen LogP) is 0.877. The van der Waals surface area contributed by atoms with E-state index in [1.165, 1.54) is 10.6 Å². The number of hydrogen-bond donors (Lipinski definition) is 1. The minimum absolute atomic E-state index is 0.110. The van der Waals surface area contributed by atoms with Crippen LogP contribution in [-0.2, 0) is 7.05 Å². The molecule has 2 aromatic rings. The lowest BCUT2D eigenvalue weighted by Crippen LogP contribution is -2.49. The quantitative estimate of drug-likeness (QED) is 0.896. The normalized spacial score (nSPS) is 16.6. The fourth-order valence-electron chi connectivity index (χ4n) is 3.02. The molecule has 0 radical (unpaired) electrons. The summed E-state index contributed by atoms with van der Waals surface area (Å²) in [5, 5.41) is 10.3. The number of pyridine rings is 1.